The summed E-state index contributed by atoms with van der Waals surface area (Å²) in [5.41, 5.74) is -0.728. The zero-order valence-electron chi connectivity index (χ0n) is 12.3. The predicted octanol–water partition coefficient (Wildman–Crippen LogP) is 0.785. The summed E-state index contributed by atoms with van der Waals surface area (Å²) in [5.74, 6) is -1.53. The van der Waals surface area contributed by atoms with E-state index in [0.29, 0.717) is 5.57 Å². The molecule has 2 aliphatic carbocycles. The molecule has 112 valence electrons. The number of rotatable bonds is 2. The van der Waals surface area contributed by atoms with E-state index in [2.05, 4.69) is 0 Å². The minimum atomic E-state index is -1.40. The minimum absolute atomic E-state index is 0.127. The van der Waals surface area contributed by atoms with E-state index in [-0.39, 0.29) is 18.1 Å². The van der Waals surface area contributed by atoms with Gasteiger partial charge in [-0.3, -0.25) is 4.79 Å². The predicted molar refractivity (Wildman–Crippen MR) is 70.8 cm³/mol. The number of aliphatic hydroxyl groups excluding tert-OH is 2. The lowest BCUT2D eigenvalue weighted by molar-refractivity contribution is -0.267. The normalized spacial score (nSPS) is 48.9. The van der Waals surface area contributed by atoms with Crippen LogP contribution in [0.15, 0.2) is 11.6 Å². The summed E-state index contributed by atoms with van der Waals surface area (Å²) in [6, 6.07) is 0. The summed E-state index contributed by atoms with van der Waals surface area (Å²) in [6.07, 6.45) is 1.05. The van der Waals surface area contributed by atoms with Crippen molar-refractivity contribution in [2.24, 2.45) is 11.3 Å². The zero-order chi connectivity index (χ0) is 14.9. The number of aliphatic hydroxyl groups is 2. The van der Waals surface area contributed by atoms with Crippen LogP contribution < -0.4 is 0 Å². The molecule has 5 heteroatoms. The van der Waals surface area contributed by atoms with Gasteiger partial charge < -0.3 is 19.7 Å². The maximum Gasteiger partial charge on any atom is 0.242 e. The molecular formula is C15H22O5. The first-order valence-electron chi connectivity index (χ1n) is 7.08. The monoisotopic (exact) mass is 282 g/mol. The average molecular weight is 282 g/mol. The van der Waals surface area contributed by atoms with Gasteiger partial charge in [-0.15, -0.1) is 0 Å². The Morgan fingerprint density at radius 3 is 2.65 bits per heavy atom. The number of ketones is 1. The Kier molecular flexibility index (Phi) is 2.78. The van der Waals surface area contributed by atoms with Gasteiger partial charge in [0.05, 0.1) is 23.2 Å². The van der Waals surface area contributed by atoms with Crippen LogP contribution in [0.5, 0.6) is 0 Å². The van der Waals surface area contributed by atoms with Gasteiger partial charge in [0.25, 0.3) is 0 Å². The molecule has 20 heavy (non-hydrogen) atoms. The van der Waals surface area contributed by atoms with Gasteiger partial charge in [0.1, 0.15) is 0 Å². The van der Waals surface area contributed by atoms with Gasteiger partial charge in [0.15, 0.2) is 0 Å². The molecular weight excluding hydrogens is 260 g/mol. The fourth-order valence-corrected chi connectivity index (χ4v) is 4.34. The molecule has 2 saturated carbocycles. The summed E-state index contributed by atoms with van der Waals surface area (Å²) < 4.78 is 11.5. The molecule has 0 bridgehead atoms. The third-order valence-corrected chi connectivity index (χ3v) is 5.19. The van der Waals surface area contributed by atoms with Crippen LogP contribution in [0.3, 0.4) is 0 Å². The fraction of sp³-hybridized carbons (Fsp3) is 0.800. The van der Waals surface area contributed by atoms with Gasteiger partial charge in [0, 0.05) is 25.0 Å². The lowest BCUT2D eigenvalue weighted by Crippen LogP contribution is -2.58. The van der Waals surface area contributed by atoms with Crippen molar-refractivity contribution in [3.05, 3.63) is 11.6 Å². The molecule has 1 aliphatic heterocycles. The second kappa shape index (κ2) is 3.91. The molecule has 5 nitrogen and oxygen atoms in total. The smallest absolute Gasteiger partial charge is 0.242 e. The number of carbonyl (C=O) groups excluding carboxylic acids is 1. The summed E-state index contributed by atoms with van der Waals surface area (Å²) >= 11 is 0. The van der Waals surface area contributed by atoms with Crippen LogP contribution in [0.25, 0.3) is 0 Å². The molecule has 3 fully saturated rings. The number of hydrogen-bond donors (Lipinski definition) is 2. The summed E-state index contributed by atoms with van der Waals surface area (Å²) in [5, 5.41) is 20.1. The van der Waals surface area contributed by atoms with E-state index in [1.165, 1.54) is 13.2 Å². The summed E-state index contributed by atoms with van der Waals surface area (Å²) in [7, 11) is 1.45. The molecule has 1 saturated heterocycles. The molecule has 3 rings (SSSR count). The first kappa shape index (κ1) is 14.2. The number of methoxy groups -OCH3 is 1. The van der Waals surface area contributed by atoms with Crippen molar-refractivity contribution in [1.82, 2.24) is 0 Å². The second-order valence-corrected chi connectivity index (χ2v) is 6.80. The van der Waals surface area contributed by atoms with Crippen LogP contribution in [-0.4, -0.2) is 46.7 Å². The lowest BCUT2D eigenvalue weighted by Gasteiger charge is -2.43. The van der Waals surface area contributed by atoms with E-state index in [4.69, 9.17) is 9.47 Å². The fourth-order valence-electron chi connectivity index (χ4n) is 4.34. The molecule has 0 aromatic rings. The van der Waals surface area contributed by atoms with Crippen molar-refractivity contribution >= 4 is 5.78 Å². The second-order valence-electron chi connectivity index (χ2n) is 6.80. The minimum Gasteiger partial charge on any atom is -0.392 e. The molecule has 0 radical (unpaired) electrons. The van der Waals surface area contributed by atoms with Crippen molar-refractivity contribution in [1.29, 1.82) is 0 Å². The topological polar surface area (TPSA) is 76.0 Å². The van der Waals surface area contributed by atoms with E-state index in [0.717, 1.165) is 6.42 Å². The third kappa shape index (κ3) is 1.44. The van der Waals surface area contributed by atoms with Gasteiger partial charge in [-0.1, -0.05) is 0 Å². The Morgan fingerprint density at radius 2 is 2.15 bits per heavy atom. The van der Waals surface area contributed by atoms with Crippen molar-refractivity contribution in [3.8, 4) is 0 Å². The van der Waals surface area contributed by atoms with Gasteiger partial charge in [-0.25, -0.2) is 0 Å². The van der Waals surface area contributed by atoms with E-state index in [1.807, 2.05) is 13.8 Å². The number of hydrogen-bond acceptors (Lipinski definition) is 5. The number of carbonyl (C=O) groups is 1. The highest BCUT2D eigenvalue weighted by Crippen LogP contribution is 2.76. The van der Waals surface area contributed by atoms with Gasteiger partial charge in [-0.2, -0.15) is 0 Å². The molecule has 0 unspecified atom stereocenters. The Labute approximate surface area is 118 Å². The largest absolute Gasteiger partial charge is 0.392 e. The number of ether oxygens (including phenoxy) is 2. The molecule has 0 aromatic carbocycles. The van der Waals surface area contributed by atoms with Crippen molar-refractivity contribution < 1.29 is 24.5 Å². The van der Waals surface area contributed by atoms with Crippen LogP contribution >= 0.6 is 0 Å². The average Bonchev–Trinajstić information content (AvgIpc) is 3.06. The van der Waals surface area contributed by atoms with Crippen molar-refractivity contribution in [3.63, 3.8) is 0 Å². The lowest BCUT2D eigenvalue weighted by atomic mass is 9.73. The van der Waals surface area contributed by atoms with E-state index in [1.54, 1.807) is 6.92 Å². The highest BCUT2D eigenvalue weighted by Gasteiger charge is 2.85. The maximum atomic E-state index is 12.8. The summed E-state index contributed by atoms with van der Waals surface area (Å²) in [6.45, 7) is 5.45. The van der Waals surface area contributed by atoms with Crippen molar-refractivity contribution in [2.75, 3.05) is 7.11 Å². The molecule has 1 spiro atoms. The van der Waals surface area contributed by atoms with E-state index >= 15 is 0 Å². The van der Waals surface area contributed by atoms with Crippen molar-refractivity contribution in [2.45, 2.75) is 57.2 Å². The van der Waals surface area contributed by atoms with Gasteiger partial charge in [0.2, 0.25) is 11.6 Å². The first-order chi connectivity index (χ1) is 9.21. The molecule has 5 atom stereocenters. The van der Waals surface area contributed by atoms with Gasteiger partial charge >= 0.3 is 0 Å². The quantitative estimate of drug-likeness (QED) is 0.732. The molecule has 1 heterocycles. The maximum absolute atomic E-state index is 12.8. The third-order valence-electron chi connectivity index (χ3n) is 5.19. The van der Waals surface area contributed by atoms with Gasteiger partial charge in [-0.05, 0) is 33.3 Å². The Bertz CT molecular complexity index is 494. The molecule has 0 aromatic heterocycles. The van der Waals surface area contributed by atoms with Crippen LogP contribution in [0.1, 0.15) is 33.6 Å². The van der Waals surface area contributed by atoms with E-state index < -0.39 is 29.0 Å². The zero-order valence-corrected chi connectivity index (χ0v) is 12.3. The van der Waals surface area contributed by atoms with Crippen LogP contribution in [0.4, 0.5) is 0 Å². The Balaban J connectivity index is 2.09. The first-order valence-corrected chi connectivity index (χ1v) is 7.08. The Hall–Kier alpha value is -0.750. The Morgan fingerprint density at radius 1 is 1.50 bits per heavy atom. The standard InChI is InChI=1S/C15H22O5/c1-8(16)5-9-6-11(17)14-7-10(14)13(2,3)20-15(14,19-4)12(9)18/h5,8,10-11,16-17H,6-7H2,1-4H3/b9-5+/t8-,10-,11-,14+,15+/m0/s1. The SMILES string of the molecule is CO[C@]12OC(C)(C)[C@@H]3C[C@]31[C@@H](O)C/C(=C\[C@H](C)O)C2=O. The molecule has 3 aliphatic rings. The molecule has 0 amide bonds. The van der Waals surface area contributed by atoms with E-state index in [9.17, 15) is 15.0 Å². The van der Waals surface area contributed by atoms with Crippen LogP contribution in [-0.2, 0) is 14.3 Å². The highest BCUT2D eigenvalue weighted by molar-refractivity contribution is 6.03. The number of Topliss-reactive ketones (excluding diaryl/α,β-unsaturated/α-hetero) is 1. The molecule has 2 N–H and O–H groups in total. The highest BCUT2D eigenvalue weighted by atomic mass is 16.7. The van der Waals surface area contributed by atoms with Crippen LogP contribution in [0.2, 0.25) is 0 Å². The van der Waals surface area contributed by atoms with Crippen LogP contribution in [0, 0.1) is 11.3 Å². The summed E-state index contributed by atoms with van der Waals surface area (Å²) in [4.78, 5) is 12.8.